The second-order valence-corrected chi connectivity index (χ2v) is 6.91. The van der Waals surface area contributed by atoms with Gasteiger partial charge in [0.15, 0.2) is 0 Å². The molecule has 2 rings (SSSR count). The predicted octanol–water partition coefficient (Wildman–Crippen LogP) is 2.66. The molecule has 22 heavy (non-hydrogen) atoms. The van der Waals surface area contributed by atoms with Crippen molar-refractivity contribution in [3.63, 3.8) is 0 Å². The van der Waals surface area contributed by atoms with Crippen LogP contribution in [0.15, 0.2) is 29.2 Å². The number of nitrogens with zero attached hydrogens (tertiary/aromatic N) is 1. The number of hydrogen-bond donors (Lipinski definition) is 1. The predicted molar refractivity (Wildman–Crippen MR) is 91.7 cm³/mol. The molecular formula is C16H23ClN2O2S. The summed E-state index contributed by atoms with van der Waals surface area (Å²) in [6.45, 7) is 5.77. The minimum absolute atomic E-state index is 0.00290. The first-order chi connectivity index (χ1) is 10.6. The molecule has 4 nitrogen and oxygen atoms in total. The number of morpholine rings is 1. The lowest BCUT2D eigenvalue weighted by Crippen LogP contribution is -2.47. The number of ether oxygens (including phenoxy) is 1. The van der Waals surface area contributed by atoms with Gasteiger partial charge in [0.1, 0.15) is 0 Å². The second kappa shape index (κ2) is 9.40. The highest BCUT2D eigenvalue weighted by molar-refractivity contribution is 7.99. The lowest BCUT2D eigenvalue weighted by Gasteiger charge is -2.32. The van der Waals surface area contributed by atoms with Crippen LogP contribution in [0.5, 0.6) is 0 Å². The summed E-state index contributed by atoms with van der Waals surface area (Å²) < 4.78 is 5.67. The summed E-state index contributed by atoms with van der Waals surface area (Å²) in [4.78, 5) is 14.5. The summed E-state index contributed by atoms with van der Waals surface area (Å²) in [7, 11) is 0. The van der Waals surface area contributed by atoms with Crippen molar-refractivity contribution >= 4 is 29.3 Å². The SMILES string of the molecule is CC(=O)NC[C@@H]1CN(CCCSc2ccccc2Cl)CCO1. The number of carbonyl (C=O) groups is 1. The van der Waals surface area contributed by atoms with Crippen LogP contribution in [0.2, 0.25) is 5.02 Å². The van der Waals surface area contributed by atoms with Gasteiger partial charge in [-0.25, -0.2) is 0 Å². The van der Waals surface area contributed by atoms with E-state index >= 15 is 0 Å². The Labute approximate surface area is 141 Å². The van der Waals surface area contributed by atoms with Gasteiger partial charge >= 0.3 is 0 Å². The Kier molecular flexibility index (Phi) is 7.52. The third-order valence-corrected chi connectivity index (χ3v) is 5.12. The Morgan fingerprint density at radius 1 is 1.50 bits per heavy atom. The molecule has 0 bridgehead atoms. The Morgan fingerprint density at radius 3 is 3.09 bits per heavy atom. The van der Waals surface area contributed by atoms with E-state index in [1.165, 1.54) is 6.92 Å². The molecule has 1 aromatic carbocycles. The number of rotatable bonds is 7. The van der Waals surface area contributed by atoms with Crippen molar-refractivity contribution < 1.29 is 9.53 Å². The molecule has 1 aromatic rings. The van der Waals surface area contributed by atoms with Crippen LogP contribution in [0, 0.1) is 0 Å². The molecule has 0 aliphatic carbocycles. The lowest BCUT2D eigenvalue weighted by molar-refractivity contribution is -0.120. The Bertz CT molecular complexity index is 487. The fourth-order valence-electron chi connectivity index (χ4n) is 2.40. The van der Waals surface area contributed by atoms with E-state index in [4.69, 9.17) is 16.3 Å². The van der Waals surface area contributed by atoms with Gasteiger partial charge in [0.2, 0.25) is 5.91 Å². The summed E-state index contributed by atoms with van der Waals surface area (Å²) >= 11 is 7.95. The maximum Gasteiger partial charge on any atom is 0.216 e. The number of carbonyl (C=O) groups excluding carboxylic acids is 1. The summed E-state index contributed by atoms with van der Waals surface area (Å²) in [5.74, 6) is 1.05. The maximum absolute atomic E-state index is 10.9. The van der Waals surface area contributed by atoms with Gasteiger partial charge in [-0.3, -0.25) is 9.69 Å². The molecule has 0 aromatic heterocycles. The average molecular weight is 343 g/mol. The topological polar surface area (TPSA) is 41.6 Å². The van der Waals surface area contributed by atoms with E-state index in [2.05, 4.69) is 16.3 Å². The minimum Gasteiger partial charge on any atom is -0.374 e. The lowest BCUT2D eigenvalue weighted by atomic mass is 10.2. The number of halogens is 1. The highest BCUT2D eigenvalue weighted by atomic mass is 35.5. The molecule has 1 saturated heterocycles. The summed E-state index contributed by atoms with van der Waals surface area (Å²) in [5, 5.41) is 3.65. The largest absolute Gasteiger partial charge is 0.374 e. The molecule has 1 N–H and O–H groups in total. The van der Waals surface area contributed by atoms with Crippen LogP contribution in [0.4, 0.5) is 0 Å². The van der Waals surface area contributed by atoms with Crippen molar-refractivity contribution in [2.75, 3.05) is 38.5 Å². The Hall–Kier alpha value is -0.750. The molecule has 1 heterocycles. The molecule has 1 aliphatic heterocycles. The normalized spacial score (nSPS) is 19.1. The highest BCUT2D eigenvalue weighted by Gasteiger charge is 2.20. The number of nitrogens with one attached hydrogen (secondary N) is 1. The Balaban J connectivity index is 1.64. The summed E-state index contributed by atoms with van der Waals surface area (Å²) in [6, 6.07) is 7.96. The monoisotopic (exact) mass is 342 g/mol. The quantitative estimate of drug-likeness (QED) is 0.611. The zero-order valence-corrected chi connectivity index (χ0v) is 14.5. The van der Waals surface area contributed by atoms with Gasteiger partial charge in [0, 0.05) is 31.5 Å². The maximum atomic E-state index is 10.9. The summed E-state index contributed by atoms with van der Waals surface area (Å²) in [5.41, 5.74) is 0. The molecule has 0 unspecified atom stereocenters. The van der Waals surface area contributed by atoms with E-state index in [-0.39, 0.29) is 12.0 Å². The molecule has 0 spiro atoms. The molecule has 1 aliphatic rings. The first kappa shape index (κ1) is 17.6. The average Bonchev–Trinajstić information content (AvgIpc) is 2.51. The van der Waals surface area contributed by atoms with Gasteiger partial charge in [-0.2, -0.15) is 0 Å². The van der Waals surface area contributed by atoms with Gasteiger partial charge in [0.25, 0.3) is 0 Å². The van der Waals surface area contributed by atoms with Crippen LogP contribution in [0.1, 0.15) is 13.3 Å². The number of hydrogen-bond acceptors (Lipinski definition) is 4. The standard InChI is InChI=1S/C16H23ClN2O2S/c1-13(20)18-11-14-12-19(8-9-21-14)7-4-10-22-16-6-3-2-5-15(16)17/h2-3,5-6,14H,4,7-12H2,1H3,(H,18,20)/t14-/m1/s1. The van der Waals surface area contributed by atoms with Crippen LogP contribution in [-0.4, -0.2) is 55.4 Å². The smallest absolute Gasteiger partial charge is 0.216 e. The zero-order valence-electron chi connectivity index (χ0n) is 12.9. The van der Waals surface area contributed by atoms with E-state index in [1.807, 2.05) is 18.2 Å². The van der Waals surface area contributed by atoms with Gasteiger partial charge in [-0.05, 0) is 30.9 Å². The molecule has 0 saturated carbocycles. The van der Waals surface area contributed by atoms with Crippen molar-refractivity contribution in [1.29, 1.82) is 0 Å². The molecule has 122 valence electrons. The fourth-order valence-corrected chi connectivity index (χ4v) is 3.57. The van der Waals surface area contributed by atoms with E-state index in [9.17, 15) is 4.79 Å². The van der Waals surface area contributed by atoms with Crippen LogP contribution < -0.4 is 5.32 Å². The molecule has 1 amide bonds. The van der Waals surface area contributed by atoms with E-state index in [0.717, 1.165) is 48.3 Å². The first-order valence-corrected chi connectivity index (χ1v) is 8.97. The van der Waals surface area contributed by atoms with Crippen LogP contribution in [-0.2, 0) is 9.53 Å². The third-order valence-electron chi connectivity index (χ3n) is 3.51. The fraction of sp³-hybridized carbons (Fsp3) is 0.562. The molecule has 6 heteroatoms. The third kappa shape index (κ3) is 6.16. The van der Waals surface area contributed by atoms with Crippen molar-refractivity contribution in [1.82, 2.24) is 10.2 Å². The van der Waals surface area contributed by atoms with Crippen LogP contribution >= 0.6 is 23.4 Å². The highest BCUT2D eigenvalue weighted by Crippen LogP contribution is 2.26. The van der Waals surface area contributed by atoms with Crippen molar-refractivity contribution in [2.24, 2.45) is 0 Å². The number of thioether (sulfide) groups is 1. The Morgan fingerprint density at radius 2 is 2.32 bits per heavy atom. The minimum atomic E-state index is -0.00290. The van der Waals surface area contributed by atoms with E-state index < -0.39 is 0 Å². The van der Waals surface area contributed by atoms with Gasteiger partial charge < -0.3 is 10.1 Å². The number of benzene rings is 1. The molecule has 1 atom stereocenters. The van der Waals surface area contributed by atoms with Crippen LogP contribution in [0.25, 0.3) is 0 Å². The number of amides is 1. The van der Waals surface area contributed by atoms with Crippen molar-refractivity contribution in [2.45, 2.75) is 24.3 Å². The molecule has 0 radical (unpaired) electrons. The van der Waals surface area contributed by atoms with Crippen molar-refractivity contribution in [3.05, 3.63) is 29.3 Å². The summed E-state index contributed by atoms with van der Waals surface area (Å²) in [6.07, 6.45) is 1.22. The van der Waals surface area contributed by atoms with Gasteiger partial charge in [0.05, 0.1) is 17.7 Å². The molecular weight excluding hydrogens is 320 g/mol. The van der Waals surface area contributed by atoms with E-state index in [0.29, 0.717) is 6.54 Å². The van der Waals surface area contributed by atoms with Gasteiger partial charge in [-0.15, -0.1) is 11.8 Å². The molecule has 1 fully saturated rings. The van der Waals surface area contributed by atoms with Gasteiger partial charge in [-0.1, -0.05) is 23.7 Å². The van der Waals surface area contributed by atoms with Crippen LogP contribution in [0.3, 0.4) is 0 Å². The second-order valence-electron chi connectivity index (χ2n) is 5.36. The zero-order chi connectivity index (χ0) is 15.8. The van der Waals surface area contributed by atoms with E-state index in [1.54, 1.807) is 11.8 Å². The van der Waals surface area contributed by atoms with Crippen molar-refractivity contribution in [3.8, 4) is 0 Å². The first-order valence-electron chi connectivity index (χ1n) is 7.61.